The standard InChI is InChI=1S/C16H20N2S/c1-11-6-7-15(12(2)9-11)19-16-14(10-13(3)17)5-4-8-18-16/h4-9,13H,10,17H2,1-3H3. The molecule has 1 unspecified atom stereocenters. The molecule has 2 rings (SSSR count). The summed E-state index contributed by atoms with van der Waals surface area (Å²) in [6.45, 7) is 6.28. The van der Waals surface area contributed by atoms with Crippen molar-refractivity contribution in [3.8, 4) is 0 Å². The Morgan fingerprint density at radius 2 is 2.05 bits per heavy atom. The van der Waals surface area contributed by atoms with Crippen molar-refractivity contribution in [2.45, 2.75) is 43.2 Å². The van der Waals surface area contributed by atoms with Gasteiger partial charge < -0.3 is 5.73 Å². The minimum absolute atomic E-state index is 0.155. The maximum absolute atomic E-state index is 5.90. The van der Waals surface area contributed by atoms with E-state index < -0.39 is 0 Å². The van der Waals surface area contributed by atoms with Crippen LogP contribution in [0.1, 0.15) is 23.6 Å². The van der Waals surface area contributed by atoms with Gasteiger partial charge in [0.15, 0.2) is 0 Å². The van der Waals surface area contributed by atoms with Gasteiger partial charge in [-0.25, -0.2) is 4.98 Å². The van der Waals surface area contributed by atoms with Crippen LogP contribution >= 0.6 is 11.8 Å². The quantitative estimate of drug-likeness (QED) is 0.921. The molecule has 0 spiro atoms. The van der Waals surface area contributed by atoms with Gasteiger partial charge >= 0.3 is 0 Å². The predicted molar refractivity (Wildman–Crippen MR) is 81.6 cm³/mol. The van der Waals surface area contributed by atoms with Gasteiger partial charge in [-0.1, -0.05) is 35.5 Å². The Morgan fingerprint density at radius 3 is 2.74 bits per heavy atom. The van der Waals surface area contributed by atoms with Crippen molar-refractivity contribution in [2.24, 2.45) is 5.73 Å². The average molecular weight is 272 g/mol. The van der Waals surface area contributed by atoms with Crippen LogP contribution in [-0.4, -0.2) is 11.0 Å². The van der Waals surface area contributed by atoms with Crippen molar-refractivity contribution >= 4 is 11.8 Å². The molecule has 100 valence electrons. The Labute approximate surface area is 119 Å². The summed E-state index contributed by atoms with van der Waals surface area (Å²) in [5.41, 5.74) is 9.71. The molecule has 2 N–H and O–H groups in total. The van der Waals surface area contributed by atoms with Crippen molar-refractivity contribution in [1.82, 2.24) is 4.98 Å². The van der Waals surface area contributed by atoms with Gasteiger partial charge in [0, 0.05) is 17.1 Å². The minimum Gasteiger partial charge on any atom is -0.328 e. The first-order chi connectivity index (χ1) is 9.06. The summed E-state index contributed by atoms with van der Waals surface area (Å²) in [7, 11) is 0. The van der Waals surface area contributed by atoms with Crippen LogP contribution in [0.25, 0.3) is 0 Å². The molecule has 1 heterocycles. The summed E-state index contributed by atoms with van der Waals surface area (Å²) in [5.74, 6) is 0. The van der Waals surface area contributed by atoms with Crippen LogP contribution in [0.3, 0.4) is 0 Å². The van der Waals surface area contributed by atoms with Crippen molar-refractivity contribution in [1.29, 1.82) is 0 Å². The molecule has 1 aromatic heterocycles. The van der Waals surface area contributed by atoms with E-state index in [4.69, 9.17) is 5.73 Å². The molecule has 0 saturated carbocycles. The second-order valence-electron chi connectivity index (χ2n) is 5.02. The average Bonchev–Trinajstić information content (AvgIpc) is 2.34. The van der Waals surface area contributed by atoms with Gasteiger partial charge in [-0.3, -0.25) is 0 Å². The highest BCUT2D eigenvalue weighted by atomic mass is 32.2. The highest BCUT2D eigenvalue weighted by molar-refractivity contribution is 7.99. The number of benzene rings is 1. The monoisotopic (exact) mass is 272 g/mol. The van der Waals surface area contributed by atoms with Crippen molar-refractivity contribution in [3.05, 3.63) is 53.2 Å². The number of pyridine rings is 1. The first-order valence-electron chi connectivity index (χ1n) is 6.51. The molecule has 0 radical (unpaired) electrons. The van der Waals surface area contributed by atoms with Crippen LogP contribution in [-0.2, 0) is 6.42 Å². The van der Waals surface area contributed by atoms with Gasteiger partial charge in [-0.05, 0) is 50.5 Å². The summed E-state index contributed by atoms with van der Waals surface area (Å²) in [5, 5.41) is 1.06. The molecule has 0 bridgehead atoms. The zero-order valence-corrected chi connectivity index (χ0v) is 12.5. The van der Waals surface area contributed by atoms with Gasteiger partial charge in [0.1, 0.15) is 5.03 Å². The lowest BCUT2D eigenvalue weighted by Crippen LogP contribution is -2.18. The van der Waals surface area contributed by atoms with Crippen LogP contribution in [0.4, 0.5) is 0 Å². The largest absolute Gasteiger partial charge is 0.328 e. The zero-order chi connectivity index (χ0) is 13.8. The Morgan fingerprint density at radius 1 is 1.26 bits per heavy atom. The molecule has 0 amide bonds. The molecule has 1 atom stereocenters. The Bertz CT molecular complexity index is 564. The van der Waals surface area contributed by atoms with E-state index in [0.717, 1.165) is 11.4 Å². The van der Waals surface area contributed by atoms with Gasteiger partial charge in [-0.2, -0.15) is 0 Å². The first kappa shape index (κ1) is 14.1. The highest BCUT2D eigenvalue weighted by Crippen LogP contribution is 2.31. The molecule has 0 aliphatic heterocycles. The Balaban J connectivity index is 2.27. The third-order valence-electron chi connectivity index (χ3n) is 2.93. The molecule has 0 fully saturated rings. The SMILES string of the molecule is Cc1ccc(Sc2ncccc2CC(C)N)c(C)c1. The maximum atomic E-state index is 5.90. The smallest absolute Gasteiger partial charge is 0.104 e. The lowest BCUT2D eigenvalue weighted by molar-refractivity contribution is 0.722. The summed E-state index contributed by atoms with van der Waals surface area (Å²) >= 11 is 1.72. The van der Waals surface area contributed by atoms with Crippen molar-refractivity contribution in [3.63, 3.8) is 0 Å². The van der Waals surface area contributed by atoms with Gasteiger partial charge in [0.25, 0.3) is 0 Å². The van der Waals surface area contributed by atoms with E-state index in [2.05, 4.69) is 43.1 Å². The zero-order valence-electron chi connectivity index (χ0n) is 11.7. The molecule has 19 heavy (non-hydrogen) atoms. The minimum atomic E-state index is 0.155. The fourth-order valence-electron chi connectivity index (χ4n) is 2.04. The summed E-state index contributed by atoms with van der Waals surface area (Å²) in [4.78, 5) is 5.76. The van der Waals surface area contributed by atoms with Crippen LogP contribution in [0.15, 0.2) is 46.5 Å². The number of nitrogens with zero attached hydrogens (tertiary/aromatic N) is 1. The molecule has 0 saturated heterocycles. The topological polar surface area (TPSA) is 38.9 Å². The number of aromatic nitrogens is 1. The lowest BCUT2D eigenvalue weighted by atomic mass is 10.1. The normalized spacial score (nSPS) is 12.4. The molecular weight excluding hydrogens is 252 g/mol. The molecule has 2 aromatic rings. The second-order valence-corrected chi connectivity index (χ2v) is 6.05. The van der Waals surface area contributed by atoms with E-state index in [1.54, 1.807) is 11.8 Å². The summed E-state index contributed by atoms with van der Waals surface area (Å²) in [6, 6.07) is 10.8. The highest BCUT2D eigenvalue weighted by Gasteiger charge is 2.09. The molecule has 3 heteroatoms. The Kier molecular flexibility index (Phi) is 4.61. The van der Waals surface area contributed by atoms with E-state index in [-0.39, 0.29) is 6.04 Å². The van der Waals surface area contributed by atoms with E-state index in [9.17, 15) is 0 Å². The van der Waals surface area contributed by atoms with E-state index >= 15 is 0 Å². The van der Waals surface area contributed by atoms with E-state index in [0.29, 0.717) is 0 Å². The van der Waals surface area contributed by atoms with Crippen LogP contribution < -0.4 is 5.73 Å². The number of aryl methyl sites for hydroxylation is 2. The number of rotatable bonds is 4. The second kappa shape index (κ2) is 6.22. The summed E-state index contributed by atoms with van der Waals surface area (Å²) in [6.07, 6.45) is 2.71. The lowest BCUT2D eigenvalue weighted by Gasteiger charge is -2.11. The number of hydrogen-bond donors (Lipinski definition) is 1. The van der Waals surface area contributed by atoms with Gasteiger partial charge in [-0.15, -0.1) is 0 Å². The van der Waals surface area contributed by atoms with E-state index in [1.807, 2.05) is 19.2 Å². The van der Waals surface area contributed by atoms with Gasteiger partial charge in [0.05, 0.1) is 0 Å². The number of hydrogen-bond acceptors (Lipinski definition) is 3. The summed E-state index contributed by atoms with van der Waals surface area (Å²) < 4.78 is 0. The van der Waals surface area contributed by atoms with E-state index in [1.165, 1.54) is 21.6 Å². The molecule has 2 nitrogen and oxygen atoms in total. The van der Waals surface area contributed by atoms with Crippen molar-refractivity contribution in [2.75, 3.05) is 0 Å². The Hall–Kier alpha value is -1.32. The maximum Gasteiger partial charge on any atom is 0.104 e. The van der Waals surface area contributed by atoms with Crippen LogP contribution in [0.2, 0.25) is 0 Å². The van der Waals surface area contributed by atoms with Gasteiger partial charge in [0.2, 0.25) is 0 Å². The number of nitrogens with two attached hydrogens (primary N) is 1. The van der Waals surface area contributed by atoms with Crippen molar-refractivity contribution < 1.29 is 0 Å². The predicted octanol–water partition coefficient (Wildman–Crippen LogP) is 3.74. The molecule has 1 aromatic carbocycles. The third-order valence-corrected chi connectivity index (χ3v) is 4.17. The molecule has 0 aliphatic carbocycles. The van der Waals surface area contributed by atoms with Crippen LogP contribution in [0.5, 0.6) is 0 Å². The fourth-order valence-corrected chi connectivity index (χ4v) is 3.00. The first-order valence-corrected chi connectivity index (χ1v) is 7.32. The third kappa shape index (κ3) is 3.82. The fraction of sp³-hybridized carbons (Fsp3) is 0.312. The molecule has 0 aliphatic rings. The molecular formula is C16H20N2S. The van der Waals surface area contributed by atoms with Crippen LogP contribution in [0, 0.1) is 13.8 Å².